The molecule has 20 heavy (non-hydrogen) atoms. The Morgan fingerprint density at radius 3 is 3.00 bits per heavy atom. The molecule has 0 aromatic heterocycles. The van der Waals surface area contributed by atoms with Crippen LogP contribution >= 0.6 is 0 Å². The van der Waals surface area contributed by atoms with Crippen LogP contribution in [0.5, 0.6) is 0 Å². The molecule has 1 aliphatic heterocycles. The molecule has 1 amide bonds. The smallest absolute Gasteiger partial charge is 0.227 e. The third kappa shape index (κ3) is 2.00. The Bertz CT molecular complexity index is 540. The Kier molecular flexibility index (Phi) is 2.94. The van der Waals surface area contributed by atoms with E-state index in [1.807, 2.05) is 6.07 Å². The van der Waals surface area contributed by atoms with Crippen LogP contribution in [0.2, 0.25) is 0 Å². The summed E-state index contributed by atoms with van der Waals surface area (Å²) < 4.78 is 0. The average molecular weight is 270 g/mol. The van der Waals surface area contributed by atoms with Crippen molar-refractivity contribution in [2.45, 2.75) is 38.5 Å². The highest BCUT2D eigenvalue weighted by atomic mass is 16.1. The molecular formula is C17H22N2O. The van der Waals surface area contributed by atoms with Crippen LogP contribution in [0.15, 0.2) is 18.2 Å². The Balaban J connectivity index is 1.53. The van der Waals surface area contributed by atoms with Gasteiger partial charge in [0.15, 0.2) is 0 Å². The zero-order valence-corrected chi connectivity index (χ0v) is 11.8. The van der Waals surface area contributed by atoms with Crippen LogP contribution in [-0.2, 0) is 11.2 Å². The largest absolute Gasteiger partial charge is 0.383 e. The van der Waals surface area contributed by atoms with E-state index in [2.05, 4.69) is 22.8 Å². The number of rotatable bonds is 2. The molecule has 3 unspecified atom stereocenters. The fourth-order valence-electron chi connectivity index (χ4n) is 4.40. The lowest BCUT2D eigenvalue weighted by Crippen LogP contribution is -2.28. The molecule has 3 aliphatic rings. The van der Waals surface area contributed by atoms with Gasteiger partial charge in [-0.3, -0.25) is 4.79 Å². The molecule has 3 atom stereocenters. The first-order valence-electron chi connectivity index (χ1n) is 7.98. The molecule has 2 saturated carbocycles. The van der Waals surface area contributed by atoms with Gasteiger partial charge >= 0.3 is 0 Å². The van der Waals surface area contributed by atoms with Gasteiger partial charge in [0.1, 0.15) is 0 Å². The standard InChI is InChI=1S/C17H22N2O/c20-17(14-10-11-6-7-13(14)9-11)19-15-5-1-3-12-4-2-8-18-16(12)15/h1,3,5,11,13-14,18H,2,4,6-10H2,(H,19,20). The van der Waals surface area contributed by atoms with E-state index in [0.717, 1.165) is 36.7 Å². The summed E-state index contributed by atoms with van der Waals surface area (Å²) in [7, 11) is 0. The van der Waals surface area contributed by atoms with E-state index in [0.29, 0.717) is 5.92 Å². The SMILES string of the molecule is O=C(Nc1cccc2c1NCCC2)C1CC2CCC1C2. The summed E-state index contributed by atoms with van der Waals surface area (Å²) in [5.41, 5.74) is 3.47. The zero-order chi connectivity index (χ0) is 13.5. The maximum Gasteiger partial charge on any atom is 0.227 e. The number of carbonyl (C=O) groups is 1. The Hall–Kier alpha value is -1.51. The van der Waals surface area contributed by atoms with Crippen LogP contribution < -0.4 is 10.6 Å². The molecule has 0 spiro atoms. The molecule has 0 saturated heterocycles. The van der Waals surface area contributed by atoms with Crippen LogP contribution in [0.3, 0.4) is 0 Å². The summed E-state index contributed by atoms with van der Waals surface area (Å²) in [5.74, 6) is 1.97. The summed E-state index contributed by atoms with van der Waals surface area (Å²) in [5, 5.41) is 6.64. The highest BCUT2D eigenvalue weighted by Gasteiger charge is 2.43. The van der Waals surface area contributed by atoms with Gasteiger partial charge in [-0.05, 0) is 55.6 Å². The molecule has 2 fully saturated rings. The topological polar surface area (TPSA) is 41.1 Å². The first-order chi connectivity index (χ1) is 9.81. The Morgan fingerprint density at radius 1 is 1.25 bits per heavy atom. The molecule has 1 aromatic carbocycles. The second-order valence-electron chi connectivity index (χ2n) is 6.64. The summed E-state index contributed by atoms with van der Waals surface area (Å²) in [6.45, 7) is 1.01. The van der Waals surface area contributed by atoms with Crippen molar-refractivity contribution in [3.63, 3.8) is 0 Å². The van der Waals surface area contributed by atoms with Crippen molar-refractivity contribution < 1.29 is 4.79 Å². The van der Waals surface area contributed by atoms with Gasteiger partial charge in [0.05, 0.1) is 11.4 Å². The summed E-state index contributed by atoms with van der Waals surface area (Å²) in [6.07, 6.45) is 7.28. The summed E-state index contributed by atoms with van der Waals surface area (Å²) in [4.78, 5) is 12.6. The zero-order valence-electron chi connectivity index (χ0n) is 11.8. The van der Waals surface area contributed by atoms with Crippen molar-refractivity contribution in [1.82, 2.24) is 0 Å². The van der Waals surface area contributed by atoms with Crippen molar-refractivity contribution in [1.29, 1.82) is 0 Å². The second kappa shape index (κ2) is 4.80. The van der Waals surface area contributed by atoms with Crippen molar-refractivity contribution in [2.75, 3.05) is 17.2 Å². The number of para-hydroxylation sites is 1. The van der Waals surface area contributed by atoms with E-state index in [9.17, 15) is 4.79 Å². The number of hydrogen-bond acceptors (Lipinski definition) is 2. The normalized spacial score (nSPS) is 30.7. The van der Waals surface area contributed by atoms with E-state index in [-0.39, 0.29) is 11.8 Å². The van der Waals surface area contributed by atoms with Crippen LogP contribution in [-0.4, -0.2) is 12.5 Å². The highest BCUT2D eigenvalue weighted by Crippen LogP contribution is 2.48. The maximum atomic E-state index is 12.6. The lowest BCUT2D eigenvalue weighted by Gasteiger charge is -2.24. The first kappa shape index (κ1) is 12.2. The van der Waals surface area contributed by atoms with Crippen LogP contribution in [0.1, 0.15) is 37.7 Å². The molecule has 1 aromatic rings. The Morgan fingerprint density at radius 2 is 2.20 bits per heavy atom. The number of anilines is 2. The monoisotopic (exact) mass is 270 g/mol. The van der Waals surface area contributed by atoms with Crippen molar-refractivity contribution in [3.8, 4) is 0 Å². The predicted octanol–water partition coefficient (Wildman–Crippen LogP) is 3.42. The van der Waals surface area contributed by atoms with Gasteiger partial charge in [0, 0.05) is 12.5 Å². The molecule has 4 rings (SSSR count). The van der Waals surface area contributed by atoms with Crippen LogP contribution in [0.25, 0.3) is 0 Å². The molecule has 2 N–H and O–H groups in total. The molecule has 3 nitrogen and oxygen atoms in total. The van der Waals surface area contributed by atoms with E-state index in [1.54, 1.807) is 0 Å². The molecule has 1 heterocycles. The van der Waals surface area contributed by atoms with Gasteiger partial charge in [-0.1, -0.05) is 18.6 Å². The molecule has 2 bridgehead atoms. The van der Waals surface area contributed by atoms with Crippen molar-refractivity contribution in [3.05, 3.63) is 23.8 Å². The van der Waals surface area contributed by atoms with E-state index < -0.39 is 0 Å². The average Bonchev–Trinajstić information content (AvgIpc) is 3.10. The number of benzene rings is 1. The summed E-state index contributed by atoms with van der Waals surface area (Å²) in [6, 6.07) is 6.25. The van der Waals surface area contributed by atoms with Gasteiger partial charge < -0.3 is 10.6 Å². The van der Waals surface area contributed by atoms with Crippen molar-refractivity contribution in [2.24, 2.45) is 17.8 Å². The lowest BCUT2D eigenvalue weighted by molar-refractivity contribution is -0.121. The lowest BCUT2D eigenvalue weighted by atomic mass is 9.88. The predicted molar refractivity (Wildman–Crippen MR) is 80.8 cm³/mol. The minimum absolute atomic E-state index is 0.248. The number of aryl methyl sites for hydroxylation is 1. The first-order valence-corrected chi connectivity index (χ1v) is 7.98. The highest BCUT2D eigenvalue weighted by molar-refractivity contribution is 5.96. The maximum absolute atomic E-state index is 12.6. The van der Waals surface area contributed by atoms with Crippen LogP contribution in [0.4, 0.5) is 11.4 Å². The van der Waals surface area contributed by atoms with Gasteiger partial charge in [-0.15, -0.1) is 0 Å². The molecular weight excluding hydrogens is 248 g/mol. The number of nitrogens with one attached hydrogen (secondary N) is 2. The number of hydrogen-bond donors (Lipinski definition) is 2. The van der Waals surface area contributed by atoms with Crippen LogP contribution in [0, 0.1) is 17.8 Å². The number of carbonyl (C=O) groups excluding carboxylic acids is 1. The fourth-order valence-corrected chi connectivity index (χ4v) is 4.40. The van der Waals surface area contributed by atoms with Gasteiger partial charge in [-0.25, -0.2) is 0 Å². The Labute approximate surface area is 120 Å². The number of fused-ring (bicyclic) bond motifs is 3. The van der Waals surface area contributed by atoms with Gasteiger partial charge in [0.2, 0.25) is 5.91 Å². The van der Waals surface area contributed by atoms with E-state index in [4.69, 9.17) is 0 Å². The minimum atomic E-state index is 0.248. The molecule has 0 radical (unpaired) electrons. The van der Waals surface area contributed by atoms with Crippen molar-refractivity contribution >= 4 is 17.3 Å². The fraction of sp³-hybridized carbons (Fsp3) is 0.588. The third-order valence-corrected chi connectivity index (χ3v) is 5.41. The van der Waals surface area contributed by atoms with E-state index >= 15 is 0 Å². The van der Waals surface area contributed by atoms with E-state index in [1.165, 1.54) is 31.2 Å². The van der Waals surface area contributed by atoms with Gasteiger partial charge in [-0.2, -0.15) is 0 Å². The third-order valence-electron chi connectivity index (χ3n) is 5.41. The minimum Gasteiger partial charge on any atom is -0.383 e. The molecule has 2 aliphatic carbocycles. The molecule has 106 valence electrons. The quantitative estimate of drug-likeness (QED) is 0.864. The van der Waals surface area contributed by atoms with Gasteiger partial charge in [0.25, 0.3) is 0 Å². The second-order valence-corrected chi connectivity index (χ2v) is 6.64. The number of amides is 1. The summed E-state index contributed by atoms with van der Waals surface area (Å²) >= 11 is 0. The molecule has 3 heteroatoms.